The van der Waals surface area contributed by atoms with Crippen LogP contribution in [0, 0.1) is 0 Å². The maximum absolute atomic E-state index is 2.48. The summed E-state index contributed by atoms with van der Waals surface area (Å²) in [6.07, 6.45) is 0. The van der Waals surface area contributed by atoms with Gasteiger partial charge in [-0.3, -0.25) is 0 Å². The topological polar surface area (TPSA) is 6.48 Å². The summed E-state index contributed by atoms with van der Waals surface area (Å²) in [5.74, 6) is 0. The summed E-state index contributed by atoms with van der Waals surface area (Å²) in [7, 11) is 0. The minimum atomic E-state index is -0.474. The third-order valence-corrected chi connectivity index (χ3v) is 14.2. The minimum Gasteiger partial charge on any atom is -0.310 e. The highest BCUT2D eigenvalue weighted by molar-refractivity contribution is 5.99. The minimum absolute atomic E-state index is 0.474. The molecule has 0 saturated heterocycles. The SMILES string of the molecule is CC1(c2ccccc2)c2ccccc2-c2c(N(c3ccc(-c4ccccc4)cc3)c3ccc(-c4ccccc4)cc3)cc(N(c3ccc(-c4ccccc4)cc3)c3ccc(-c4ccccc4)cc3)cc21. The van der Waals surface area contributed by atoms with Crippen molar-refractivity contribution in [3.8, 4) is 55.6 Å². The lowest BCUT2D eigenvalue weighted by Crippen LogP contribution is -2.23. The molecule has 0 radical (unpaired) electrons. The Hall–Kier alpha value is -8.98. The Labute approximate surface area is 411 Å². The first kappa shape index (κ1) is 42.4. The van der Waals surface area contributed by atoms with Gasteiger partial charge in [0.05, 0.1) is 5.69 Å². The van der Waals surface area contributed by atoms with E-state index in [-0.39, 0.29) is 0 Å². The van der Waals surface area contributed by atoms with Crippen molar-refractivity contribution in [3.05, 3.63) is 302 Å². The summed E-state index contributed by atoms with van der Waals surface area (Å²) in [5.41, 5.74) is 21.7. The Morgan fingerprint density at radius 3 is 0.957 bits per heavy atom. The molecule has 0 N–H and O–H groups in total. The molecule has 0 aromatic heterocycles. The number of nitrogens with zero attached hydrogens (tertiary/aromatic N) is 2. The Balaban J connectivity index is 1.12. The van der Waals surface area contributed by atoms with Crippen LogP contribution in [0.5, 0.6) is 0 Å². The molecule has 0 bridgehead atoms. The Morgan fingerprint density at radius 1 is 0.257 bits per heavy atom. The second-order valence-corrected chi connectivity index (χ2v) is 18.2. The highest BCUT2D eigenvalue weighted by Crippen LogP contribution is 2.59. The average molecular weight is 895 g/mol. The van der Waals surface area contributed by atoms with Gasteiger partial charge in [-0.15, -0.1) is 0 Å². The third-order valence-electron chi connectivity index (χ3n) is 14.2. The van der Waals surface area contributed by atoms with Gasteiger partial charge in [-0.1, -0.05) is 224 Å². The molecule has 1 aliphatic rings. The van der Waals surface area contributed by atoms with Crippen LogP contribution in [0.3, 0.4) is 0 Å². The van der Waals surface area contributed by atoms with Gasteiger partial charge in [-0.25, -0.2) is 0 Å². The van der Waals surface area contributed by atoms with Gasteiger partial charge in [-0.05, 0) is 134 Å². The van der Waals surface area contributed by atoms with Crippen LogP contribution in [0.1, 0.15) is 23.6 Å². The van der Waals surface area contributed by atoms with Crippen molar-refractivity contribution in [2.45, 2.75) is 12.3 Å². The van der Waals surface area contributed by atoms with E-state index in [1.54, 1.807) is 0 Å². The summed E-state index contributed by atoms with van der Waals surface area (Å²) in [4.78, 5) is 4.92. The van der Waals surface area contributed by atoms with E-state index in [4.69, 9.17) is 0 Å². The molecule has 1 aliphatic carbocycles. The van der Waals surface area contributed by atoms with E-state index in [0.717, 1.165) is 34.1 Å². The predicted octanol–water partition coefficient (Wildman–Crippen LogP) is 18.6. The van der Waals surface area contributed by atoms with Gasteiger partial charge in [0.2, 0.25) is 0 Å². The molecule has 11 aromatic rings. The first-order chi connectivity index (χ1) is 34.6. The summed E-state index contributed by atoms with van der Waals surface area (Å²) in [6, 6.07) is 104. The lowest BCUT2D eigenvalue weighted by molar-refractivity contribution is 0.714. The highest BCUT2D eigenvalue weighted by atomic mass is 15.2. The maximum Gasteiger partial charge on any atom is 0.0564 e. The second-order valence-electron chi connectivity index (χ2n) is 18.2. The largest absolute Gasteiger partial charge is 0.310 e. The number of anilines is 6. The number of rotatable bonds is 11. The molecule has 12 rings (SSSR count). The van der Waals surface area contributed by atoms with Gasteiger partial charge in [-0.2, -0.15) is 0 Å². The maximum atomic E-state index is 2.48. The number of hydrogen-bond donors (Lipinski definition) is 0. The van der Waals surface area contributed by atoms with Crippen molar-refractivity contribution in [1.82, 2.24) is 0 Å². The first-order valence-corrected chi connectivity index (χ1v) is 24.2. The van der Waals surface area contributed by atoms with E-state index in [1.807, 2.05) is 0 Å². The van der Waals surface area contributed by atoms with Gasteiger partial charge in [0.15, 0.2) is 0 Å². The third kappa shape index (κ3) is 7.76. The lowest BCUT2D eigenvalue weighted by Gasteiger charge is -2.34. The normalized spacial score (nSPS) is 13.6. The molecule has 0 aliphatic heterocycles. The molecule has 0 fully saturated rings. The summed E-state index contributed by atoms with van der Waals surface area (Å²) < 4.78 is 0. The second kappa shape index (κ2) is 18.3. The Bertz CT molecular complexity index is 3370. The van der Waals surface area contributed by atoms with Gasteiger partial charge >= 0.3 is 0 Å². The zero-order valence-electron chi connectivity index (χ0n) is 39.0. The molecule has 2 nitrogen and oxygen atoms in total. The molecule has 0 saturated carbocycles. The Kier molecular flexibility index (Phi) is 11.1. The van der Waals surface area contributed by atoms with Crippen LogP contribution in [-0.2, 0) is 5.41 Å². The van der Waals surface area contributed by atoms with Crippen molar-refractivity contribution in [2.75, 3.05) is 9.80 Å². The zero-order valence-corrected chi connectivity index (χ0v) is 39.0. The molecule has 0 heterocycles. The Morgan fingerprint density at radius 2 is 0.571 bits per heavy atom. The number of hydrogen-bond acceptors (Lipinski definition) is 2. The van der Waals surface area contributed by atoms with Gasteiger partial charge in [0.25, 0.3) is 0 Å². The molecule has 1 unspecified atom stereocenters. The predicted molar refractivity (Wildman–Crippen MR) is 295 cm³/mol. The lowest BCUT2D eigenvalue weighted by atomic mass is 9.74. The van der Waals surface area contributed by atoms with Crippen LogP contribution < -0.4 is 9.80 Å². The average Bonchev–Trinajstić information content (AvgIpc) is 3.71. The van der Waals surface area contributed by atoms with Crippen LogP contribution in [0.15, 0.2) is 285 Å². The van der Waals surface area contributed by atoms with Crippen molar-refractivity contribution < 1.29 is 0 Å². The highest BCUT2D eigenvalue weighted by Gasteiger charge is 2.43. The fraction of sp³-hybridized carbons (Fsp3) is 0.0294. The first-order valence-electron chi connectivity index (χ1n) is 24.2. The van der Waals surface area contributed by atoms with E-state index in [9.17, 15) is 0 Å². The van der Waals surface area contributed by atoms with Gasteiger partial charge < -0.3 is 9.80 Å². The zero-order chi connectivity index (χ0) is 46.9. The van der Waals surface area contributed by atoms with Crippen LogP contribution in [0.25, 0.3) is 55.6 Å². The molecule has 2 heteroatoms. The molecule has 332 valence electrons. The molecular weight excluding hydrogens is 845 g/mol. The van der Waals surface area contributed by atoms with Crippen molar-refractivity contribution in [3.63, 3.8) is 0 Å². The fourth-order valence-corrected chi connectivity index (χ4v) is 10.6. The molecule has 1 atom stereocenters. The molecule has 0 spiro atoms. The van der Waals surface area contributed by atoms with E-state index in [1.165, 1.54) is 72.3 Å². The summed E-state index contributed by atoms with van der Waals surface area (Å²) in [6.45, 7) is 2.42. The van der Waals surface area contributed by atoms with E-state index in [2.05, 4.69) is 302 Å². The van der Waals surface area contributed by atoms with Gasteiger partial charge in [0.1, 0.15) is 0 Å². The number of fused-ring (bicyclic) bond motifs is 3. The molecular formula is C68H50N2. The van der Waals surface area contributed by atoms with Crippen molar-refractivity contribution in [1.29, 1.82) is 0 Å². The van der Waals surface area contributed by atoms with E-state index < -0.39 is 5.41 Å². The van der Waals surface area contributed by atoms with E-state index in [0.29, 0.717) is 0 Å². The van der Waals surface area contributed by atoms with Gasteiger partial charge in [0, 0.05) is 39.4 Å². The van der Waals surface area contributed by atoms with Crippen LogP contribution in [-0.4, -0.2) is 0 Å². The molecule has 11 aromatic carbocycles. The van der Waals surface area contributed by atoms with Crippen LogP contribution in [0.4, 0.5) is 34.1 Å². The van der Waals surface area contributed by atoms with Crippen LogP contribution in [0.2, 0.25) is 0 Å². The van der Waals surface area contributed by atoms with E-state index >= 15 is 0 Å². The van der Waals surface area contributed by atoms with Crippen LogP contribution >= 0.6 is 0 Å². The molecule has 0 amide bonds. The fourth-order valence-electron chi connectivity index (χ4n) is 10.6. The summed E-state index contributed by atoms with van der Waals surface area (Å²) in [5, 5.41) is 0. The quantitative estimate of drug-likeness (QED) is 0.128. The van der Waals surface area contributed by atoms with Crippen molar-refractivity contribution >= 4 is 34.1 Å². The van der Waals surface area contributed by atoms with Crippen molar-refractivity contribution in [2.24, 2.45) is 0 Å². The summed E-state index contributed by atoms with van der Waals surface area (Å²) >= 11 is 0. The molecule has 70 heavy (non-hydrogen) atoms. The smallest absolute Gasteiger partial charge is 0.0564 e. The standard InChI is InChI=1S/C68H50N2/c1-68(57-27-15-6-16-28-57)64-30-18-17-29-63(64)67-65(68)47-62(69(58-39-31-53(32-40-58)49-19-7-2-8-20-49)59-41-33-54(34-42-59)50-21-9-3-10-22-50)48-66(67)70(60-43-35-55(36-44-60)51-23-11-4-12-24-51)61-45-37-56(38-46-61)52-25-13-5-14-26-52/h2-48H,1H3. The number of benzene rings is 11. The monoisotopic (exact) mass is 894 g/mol.